The van der Waals surface area contributed by atoms with E-state index >= 15 is 0 Å². The van der Waals surface area contributed by atoms with Gasteiger partial charge >= 0.3 is 0 Å². The molecule has 4 aromatic rings. The van der Waals surface area contributed by atoms with Gasteiger partial charge in [-0.25, -0.2) is 22.2 Å². The highest BCUT2D eigenvalue weighted by atomic mass is 32.2. The fourth-order valence-corrected chi connectivity index (χ4v) is 4.99. The minimum absolute atomic E-state index is 0.0975. The van der Waals surface area contributed by atoms with Crippen LogP contribution in [0.3, 0.4) is 0 Å². The standard InChI is InChI=1S/C25H22F2N4O3S/c1-18-28-14-15-30(18)24-5-3-2-4-19(24)16-29-25(32)17-31(22-10-6-20(26)7-11-22)35(33,34)23-12-8-21(27)9-13-23/h2-15H,16-17H2,1H3,(H,29,32). The normalized spacial score (nSPS) is 11.3. The number of amides is 1. The van der Waals surface area contributed by atoms with Gasteiger partial charge in [0.1, 0.15) is 24.0 Å². The molecule has 1 N–H and O–H groups in total. The molecule has 0 aliphatic rings. The zero-order chi connectivity index (χ0) is 25.0. The van der Waals surface area contributed by atoms with Crippen LogP contribution in [0.15, 0.2) is 90.1 Å². The molecule has 1 amide bonds. The summed E-state index contributed by atoms with van der Waals surface area (Å²) < 4.78 is 56.2. The van der Waals surface area contributed by atoms with E-state index in [4.69, 9.17) is 0 Å². The smallest absolute Gasteiger partial charge is 0.264 e. The predicted octanol–water partition coefficient (Wildman–Crippen LogP) is 3.97. The SMILES string of the molecule is Cc1nccn1-c1ccccc1CNC(=O)CN(c1ccc(F)cc1)S(=O)(=O)c1ccc(F)cc1. The molecule has 180 valence electrons. The molecular formula is C25H22F2N4O3S. The first kappa shape index (κ1) is 24.1. The fraction of sp³-hybridized carbons (Fsp3) is 0.120. The van der Waals surface area contributed by atoms with E-state index in [1.165, 1.54) is 12.1 Å². The Labute approximate surface area is 201 Å². The van der Waals surface area contributed by atoms with Gasteiger partial charge in [0.25, 0.3) is 10.0 Å². The third-order valence-corrected chi connectivity index (χ3v) is 7.14. The largest absolute Gasteiger partial charge is 0.350 e. The van der Waals surface area contributed by atoms with Gasteiger partial charge in [-0.15, -0.1) is 0 Å². The Balaban J connectivity index is 1.58. The summed E-state index contributed by atoms with van der Waals surface area (Å²) in [6, 6.07) is 16.4. The molecule has 0 radical (unpaired) electrons. The number of sulfonamides is 1. The highest BCUT2D eigenvalue weighted by molar-refractivity contribution is 7.92. The maximum absolute atomic E-state index is 13.5. The first-order valence-electron chi connectivity index (χ1n) is 10.6. The second-order valence-corrected chi connectivity index (χ2v) is 9.55. The number of benzene rings is 3. The van der Waals surface area contributed by atoms with Crippen LogP contribution in [0.25, 0.3) is 5.69 Å². The zero-order valence-corrected chi connectivity index (χ0v) is 19.5. The van der Waals surface area contributed by atoms with E-state index in [0.717, 1.165) is 57.8 Å². The molecule has 7 nitrogen and oxygen atoms in total. The van der Waals surface area contributed by atoms with Crippen molar-refractivity contribution >= 4 is 21.6 Å². The van der Waals surface area contributed by atoms with Crippen molar-refractivity contribution in [2.24, 2.45) is 0 Å². The van der Waals surface area contributed by atoms with E-state index in [2.05, 4.69) is 10.3 Å². The molecule has 0 unspecified atom stereocenters. The van der Waals surface area contributed by atoms with Gasteiger partial charge in [0, 0.05) is 18.9 Å². The number of para-hydroxylation sites is 1. The van der Waals surface area contributed by atoms with Crippen molar-refractivity contribution in [3.63, 3.8) is 0 Å². The number of anilines is 1. The number of hydrogen-bond donors (Lipinski definition) is 1. The average Bonchev–Trinajstić information content (AvgIpc) is 3.28. The van der Waals surface area contributed by atoms with Gasteiger partial charge in [-0.3, -0.25) is 9.10 Å². The Hall–Kier alpha value is -4.05. The summed E-state index contributed by atoms with van der Waals surface area (Å²) >= 11 is 0. The summed E-state index contributed by atoms with van der Waals surface area (Å²) in [5, 5.41) is 2.75. The average molecular weight is 497 g/mol. The van der Waals surface area contributed by atoms with Gasteiger partial charge in [-0.05, 0) is 67.1 Å². The highest BCUT2D eigenvalue weighted by Crippen LogP contribution is 2.24. The molecule has 0 aliphatic heterocycles. The van der Waals surface area contributed by atoms with Gasteiger partial charge in [-0.1, -0.05) is 18.2 Å². The van der Waals surface area contributed by atoms with Crippen molar-refractivity contribution in [1.29, 1.82) is 0 Å². The molecule has 3 aromatic carbocycles. The number of imidazole rings is 1. The third-order valence-electron chi connectivity index (χ3n) is 5.36. The predicted molar refractivity (Wildman–Crippen MR) is 127 cm³/mol. The van der Waals surface area contributed by atoms with E-state index in [9.17, 15) is 22.0 Å². The van der Waals surface area contributed by atoms with Gasteiger partial charge in [0.15, 0.2) is 0 Å². The Morgan fingerprint density at radius 3 is 2.23 bits per heavy atom. The lowest BCUT2D eigenvalue weighted by Crippen LogP contribution is -2.40. The van der Waals surface area contributed by atoms with Crippen LogP contribution in [0, 0.1) is 18.6 Å². The summed E-state index contributed by atoms with van der Waals surface area (Å²) in [4.78, 5) is 16.9. The zero-order valence-electron chi connectivity index (χ0n) is 18.7. The van der Waals surface area contributed by atoms with Crippen LogP contribution < -0.4 is 9.62 Å². The quantitative estimate of drug-likeness (QED) is 0.400. The number of halogens is 2. The number of aryl methyl sites for hydroxylation is 1. The van der Waals surface area contributed by atoms with E-state index in [1.807, 2.05) is 42.0 Å². The number of nitrogens with one attached hydrogen (secondary N) is 1. The van der Waals surface area contributed by atoms with Crippen LogP contribution in [0.5, 0.6) is 0 Å². The van der Waals surface area contributed by atoms with Crippen molar-refractivity contribution in [3.05, 3.63) is 108 Å². The maximum atomic E-state index is 13.5. The molecule has 0 atom stereocenters. The Morgan fingerprint density at radius 1 is 0.971 bits per heavy atom. The summed E-state index contributed by atoms with van der Waals surface area (Å²) in [6.45, 7) is 1.44. The van der Waals surface area contributed by atoms with Crippen LogP contribution in [0.4, 0.5) is 14.5 Å². The van der Waals surface area contributed by atoms with E-state index < -0.39 is 34.1 Å². The number of hydrogen-bond acceptors (Lipinski definition) is 4. The van der Waals surface area contributed by atoms with Gasteiger partial charge in [0.05, 0.1) is 16.3 Å². The van der Waals surface area contributed by atoms with E-state index in [1.54, 1.807) is 6.20 Å². The Kier molecular flexibility index (Phi) is 6.92. The first-order valence-corrected chi connectivity index (χ1v) is 12.1. The second kappa shape index (κ2) is 10.1. The molecule has 4 rings (SSSR count). The molecule has 0 aliphatic carbocycles. The van der Waals surface area contributed by atoms with Crippen molar-refractivity contribution in [3.8, 4) is 5.69 Å². The van der Waals surface area contributed by atoms with Crippen molar-refractivity contribution in [2.75, 3.05) is 10.8 Å². The lowest BCUT2D eigenvalue weighted by Gasteiger charge is -2.24. The number of aromatic nitrogens is 2. The number of nitrogens with zero attached hydrogens (tertiary/aromatic N) is 3. The van der Waals surface area contributed by atoms with E-state index in [0.29, 0.717) is 0 Å². The third kappa shape index (κ3) is 5.38. The second-order valence-electron chi connectivity index (χ2n) is 7.69. The lowest BCUT2D eigenvalue weighted by atomic mass is 10.1. The van der Waals surface area contributed by atoms with E-state index in [-0.39, 0.29) is 17.1 Å². The van der Waals surface area contributed by atoms with Crippen LogP contribution in [-0.4, -0.2) is 30.4 Å². The van der Waals surface area contributed by atoms with Crippen LogP contribution >= 0.6 is 0 Å². The Morgan fingerprint density at radius 2 is 1.60 bits per heavy atom. The summed E-state index contributed by atoms with van der Waals surface area (Å²) in [6.07, 6.45) is 3.48. The first-order chi connectivity index (χ1) is 16.8. The number of rotatable bonds is 8. The molecule has 1 heterocycles. The van der Waals surface area contributed by atoms with Gasteiger partial charge in [-0.2, -0.15) is 0 Å². The summed E-state index contributed by atoms with van der Waals surface area (Å²) in [5.41, 5.74) is 1.73. The van der Waals surface area contributed by atoms with Gasteiger partial charge in [0.2, 0.25) is 5.91 Å². The highest BCUT2D eigenvalue weighted by Gasteiger charge is 2.27. The maximum Gasteiger partial charge on any atom is 0.264 e. The molecular weight excluding hydrogens is 474 g/mol. The lowest BCUT2D eigenvalue weighted by molar-refractivity contribution is -0.119. The number of carbonyl (C=O) groups is 1. The summed E-state index contributed by atoms with van der Waals surface area (Å²) in [7, 11) is -4.24. The topological polar surface area (TPSA) is 84.3 Å². The minimum atomic E-state index is -4.24. The molecule has 1 aromatic heterocycles. The Bertz CT molecular complexity index is 1440. The fourth-order valence-electron chi connectivity index (χ4n) is 3.56. The van der Waals surface area contributed by atoms with Gasteiger partial charge < -0.3 is 9.88 Å². The molecule has 0 bridgehead atoms. The molecule has 0 spiro atoms. The molecule has 0 saturated carbocycles. The molecule has 0 saturated heterocycles. The molecule has 0 fully saturated rings. The minimum Gasteiger partial charge on any atom is -0.350 e. The van der Waals surface area contributed by atoms with Crippen LogP contribution in [0.2, 0.25) is 0 Å². The van der Waals surface area contributed by atoms with Crippen molar-refractivity contribution in [1.82, 2.24) is 14.9 Å². The monoisotopic (exact) mass is 496 g/mol. The number of carbonyl (C=O) groups excluding carboxylic acids is 1. The van der Waals surface area contributed by atoms with Crippen LogP contribution in [0.1, 0.15) is 11.4 Å². The molecule has 10 heteroatoms. The van der Waals surface area contributed by atoms with Crippen LogP contribution in [-0.2, 0) is 21.4 Å². The summed E-state index contributed by atoms with van der Waals surface area (Å²) in [5.74, 6) is -0.945. The van der Waals surface area contributed by atoms with Crippen molar-refractivity contribution in [2.45, 2.75) is 18.4 Å². The van der Waals surface area contributed by atoms with Crippen molar-refractivity contribution < 1.29 is 22.0 Å². The molecule has 35 heavy (non-hydrogen) atoms.